The summed E-state index contributed by atoms with van der Waals surface area (Å²) in [5, 5.41) is 11.7. The molecule has 4 aliphatic carbocycles. The van der Waals surface area contributed by atoms with Gasteiger partial charge in [-0.2, -0.15) is 0 Å². The Labute approximate surface area is 177 Å². The highest BCUT2D eigenvalue weighted by Crippen LogP contribution is 2.69. The summed E-state index contributed by atoms with van der Waals surface area (Å²) in [7, 11) is -2.37. The quantitative estimate of drug-likeness (QED) is 0.596. The number of hydrogen-bond donors (Lipinski definition) is 1. The number of benzene rings is 1. The van der Waals surface area contributed by atoms with Gasteiger partial charge < -0.3 is 9.67 Å². The average molecular weight is 415 g/mol. The number of fused-ring (bicyclic) bond motifs is 5. The molecule has 1 unspecified atom stereocenters. The van der Waals surface area contributed by atoms with E-state index in [9.17, 15) is 9.67 Å². The third-order valence-electron chi connectivity index (χ3n) is 10.1. The topological polar surface area (TPSA) is 37.3 Å². The maximum absolute atomic E-state index is 14.1. The van der Waals surface area contributed by atoms with Crippen molar-refractivity contribution in [2.45, 2.75) is 82.9 Å². The molecule has 1 aromatic carbocycles. The van der Waals surface area contributed by atoms with Crippen LogP contribution in [0.4, 0.5) is 0 Å². The molecule has 2 nitrogen and oxygen atoms in total. The lowest BCUT2D eigenvalue weighted by atomic mass is 9.50. The molecule has 0 heterocycles. The van der Waals surface area contributed by atoms with Crippen LogP contribution in [0.5, 0.6) is 0 Å². The van der Waals surface area contributed by atoms with Gasteiger partial charge in [0.15, 0.2) is 0 Å². The minimum atomic E-state index is -2.37. The van der Waals surface area contributed by atoms with E-state index in [1.54, 1.807) is 0 Å². The smallest absolute Gasteiger partial charge is 0.116 e. The molecular formula is C26H39O2P. The van der Waals surface area contributed by atoms with Crippen molar-refractivity contribution in [3.8, 4) is 0 Å². The number of aliphatic hydroxyl groups is 1. The molecule has 4 fully saturated rings. The third-order valence-corrected chi connectivity index (χ3v) is 13.4. The van der Waals surface area contributed by atoms with Gasteiger partial charge in [-0.15, -0.1) is 0 Å². The van der Waals surface area contributed by atoms with Crippen molar-refractivity contribution < 1.29 is 9.67 Å². The van der Waals surface area contributed by atoms with Crippen LogP contribution in [0.15, 0.2) is 30.3 Å². The first-order chi connectivity index (χ1) is 13.7. The van der Waals surface area contributed by atoms with E-state index in [0.717, 1.165) is 54.2 Å². The van der Waals surface area contributed by atoms with E-state index in [1.807, 2.05) is 6.07 Å². The second-order valence-electron chi connectivity index (χ2n) is 11.6. The van der Waals surface area contributed by atoms with Crippen LogP contribution in [0.25, 0.3) is 0 Å². The maximum Gasteiger partial charge on any atom is 0.116 e. The Bertz CT molecular complexity index is 802. The highest BCUT2D eigenvalue weighted by molar-refractivity contribution is 7.71. The zero-order valence-electron chi connectivity index (χ0n) is 18.5. The molecular weight excluding hydrogens is 375 g/mol. The van der Waals surface area contributed by atoms with Crippen molar-refractivity contribution in [2.75, 3.05) is 6.66 Å². The normalized spacial score (nSPS) is 48.8. The summed E-state index contributed by atoms with van der Waals surface area (Å²) >= 11 is 0. The molecule has 0 spiro atoms. The van der Waals surface area contributed by atoms with Gasteiger partial charge in [0.25, 0.3) is 0 Å². The third kappa shape index (κ3) is 3.20. The SMILES string of the molecule is C[C@@]1(O)CC[C@H]2[C@H](CC[C@@H]3[C@@H]2CC[C@@]2(C)[C@H]3CC[C@@H]2P(C)(=O)c2ccccc2)C1. The second-order valence-corrected chi connectivity index (χ2v) is 14.8. The van der Waals surface area contributed by atoms with Gasteiger partial charge in [-0.05, 0) is 106 Å². The van der Waals surface area contributed by atoms with Crippen LogP contribution >= 0.6 is 7.14 Å². The Kier molecular flexibility index (Phi) is 4.88. The van der Waals surface area contributed by atoms with Gasteiger partial charge >= 0.3 is 0 Å². The zero-order valence-corrected chi connectivity index (χ0v) is 19.4. The van der Waals surface area contributed by atoms with E-state index < -0.39 is 12.7 Å². The standard InChI is InChI=1S/C26H39O2P/c1-25(27)15-13-20-18(17-25)9-10-22-21(20)14-16-26(2)23(22)11-12-24(26)29(3,28)19-7-5-4-6-8-19/h4-8,18,20-24,27H,9-17H2,1-3H3/t18-,20+,21-,22-,23+,24+,25-,26+,29?/m1/s1. The fourth-order valence-electron chi connectivity index (χ4n) is 8.77. The summed E-state index contributed by atoms with van der Waals surface area (Å²) in [6, 6.07) is 10.3. The van der Waals surface area contributed by atoms with Crippen LogP contribution < -0.4 is 5.30 Å². The Hall–Kier alpha value is -0.590. The Morgan fingerprint density at radius 2 is 1.62 bits per heavy atom. The van der Waals surface area contributed by atoms with Gasteiger partial charge in [0, 0.05) is 11.0 Å². The van der Waals surface area contributed by atoms with E-state index in [1.165, 1.54) is 38.5 Å². The molecule has 0 aliphatic heterocycles. The van der Waals surface area contributed by atoms with Crippen molar-refractivity contribution in [3.05, 3.63) is 30.3 Å². The van der Waals surface area contributed by atoms with E-state index in [4.69, 9.17) is 0 Å². The Morgan fingerprint density at radius 3 is 2.38 bits per heavy atom. The highest BCUT2D eigenvalue weighted by atomic mass is 31.2. The summed E-state index contributed by atoms with van der Waals surface area (Å²) in [6.45, 7) is 6.63. The van der Waals surface area contributed by atoms with Crippen LogP contribution in [0, 0.1) is 35.0 Å². The number of rotatable bonds is 2. The molecule has 9 atom stereocenters. The van der Waals surface area contributed by atoms with Crippen molar-refractivity contribution in [3.63, 3.8) is 0 Å². The van der Waals surface area contributed by atoms with Crippen LogP contribution in [0.1, 0.15) is 71.6 Å². The average Bonchev–Trinajstić information content (AvgIpc) is 3.05. The second kappa shape index (κ2) is 6.96. The van der Waals surface area contributed by atoms with Crippen LogP contribution in [0.2, 0.25) is 0 Å². The minimum Gasteiger partial charge on any atom is -0.390 e. The molecule has 4 saturated carbocycles. The predicted molar refractivity (Wildman–Crippen MR) is 121 cm³/mol. The van der Waals surface area contributed by atoms with E-state index in [-0.39, 0.29) is 5.41 Å². The predicted octanol–water partition coefficient (Wildman–Crippen LogP) is 6.08. The molecule has 4 aliphatic rings. The first-order valence-corrected chi connectivity index (χ1v) is 14.3. The van der Waals surface area contributed by atoms with E-state index >= 15 is 0 Å². The van der Waals surface area contributed by atoms with Gasteiger partial charge in [0.1, 0.15) is 7.14 Å². The van der Waals surface area contributed by atoms with Crippen molar-refractivity contribution >= 4 is 12.4 Å². The lowest BCUT2D eigenvalue weighted by molar-refractivity contribution is -0.0934. The summed E-state index contributed by atoms with van der Waals surface area (Å²) in [5.74, 6) is 4.02. The summed E-state index contributed by atoms with van der Waals surface area (Å²) in [4.78, 5) is 0. The van der Waals surface area contributed by atoms with Crippen LogP contribution in [-0.4, -0.2) is 23.0 Å². The van der Waals surface area contributed by atoms with Crippen LogP contribution in [-0.2, 0) is 4.57 Å². The fraction of sp³-hybridized carbons (Fsp3) is 0.769. The molecule has 29 heavy (non-hydrogen) atoms. The number of hydrogen-bond acceptors (Lipinski definition) is 2. The highest BCUT2D eigenvalue weighted by Gasteiger charge is 2.60. The Balaban J connectivity index is 1.40. The molecule has 5 rings (SSSR count). The van der Waals surface area contributed by atoms with Crippen molar-refractivity contribution in [2.24, 2.45) is 35.0 Å². The van der Waals surface area contributed by atoms with E-state index in [2.05, 4.69) is 44.8 Å². The first kappa shape index (κ1) is 20.3. The Morgan fingerprint density at radius 1 is 0.897 bits per heavy atom. The van der Waals surface area contributed by atoms with Crippen molar-refractivity contribution in [1.82, 2.24) is 0 Å². The summed E-state index contributed by atoms with van der Waals surface area (Å²) < 4.78 is 14.1. The lowest BCUT2D eigenvalue weighted by Gasteiger charge is -2.57. The molecule has 0 bridgehead atoms. The zero-order chi connectivity index (χ0) is 20.4. The molecule has 0 aromatic heterocycles. The van der Waals surface area contributed by atoms with Gasteiger partial charge in [0.2, 0.25) is 0 Å². The first-order valence-electron chi connectivity index (χ1n) is 12.1. The van der Waals surface area contributed by atoms with Gasteiger partial charge in [-0.1, -0.05) is 37.3 Å². The van der Waals surface area contributed by atoms with E-state index in [0.29, 0.717) is 5.66 Å². The maximum atomic E-state index is 14.1. The molecule has 1 N–H and O–H groups in total. The molecule has 160 valence electrons. The molecule has 0 amide bonds. The lowest BCUT2D eigenvalue weighted by Crippen LogP contribution is -2.51. The minimum absolute atomic E-state index is 0.244. The molecule has 0 radical (unpaired) electrons. The summed E-state index contributed by atoms with van der Waals surface area (Å²) in [5.41, 5.74) is 0.169. The monoisotopic (exact) mass is 414 g/mol. The van der Waals surface area contributed by atoms with Gasteiger partial charge in [0.05, 0.1) is 5.60 Å². The van der Waals surface area contributed by atoms with Crippen LogP contribution in [0.3, 0.4) is 0 Å². The largest absolute Gasteiger partial charge is 0.390 e. The van der Waals surface area contributed by atoms with Crippen molar-refractivity contribution in [1.29, 1.82) is 0 Å². The molecule has 3 heteroatoms. The van der Waals surface area contributed by atoms with Gasteiger partial charge in [-0.3, -0.25) is 0 Å². The summed E-state index contributed by atoms with van der Waals surface area (Å²) in [6.07, 6.45) is 10.9. The molecule has 1 aromatic rings. The molecule has 0 saturated heterocycles. The van der Waals surface area contributed by atoms with Gasteiger partial charge in [-0.25, -0.2) is 0 Å². The fourth-order valence-corrected chi connectivity index (χ4v) is 12.0.